The Balaban J connectivity index is 2.49. The van der Waals surface area contributed by atoms with Crippen molar-refractivity contribution >= 4 is 15.9 Å². The van der Waals surface area contributed by atoms with Crippen molar-refractivity contribution in [3.8, 4) is 0 Å². The summed E-state index contributed by atoms with van der Waals surface area (Å²) in [5.41, 5.74) is 3.56. The van der Waals surface area contributed by atoms with E-state index in [1.165, 1.54) is 25.7 Å². The van der Waals surface area contributed by atoms with Crippen molar-refractivity contribution < 1.29 is 0 Å². The summed E-state index contributed by atoms with van der Waals surface area (Å²) in [7, 11) is 0. The molecule has 1 aromatic rings. The van der Waals surface area contributed by atoms with Gasteiger partial charge in [-0.05, 0) is 36.3 Å². The third-order valence-electron chi connectivity index (χ3n) is 4.42. The summed E-state index contributed by atoms with van der Waals surface area (Å²) in [5.74, 6) is 0.758. The van der Waals surface area contributed by atoms with Crippen LogP contribution in [0.5, 0.6) is 0 Å². The lowest BCUT2D eigenvalue weighted by Gasteiger charge is -2.42. The van der Waals surface area contributed by atoms with Crippen LogP contribution in [-0.4, -0.2) is 5.33 Å². The second kappa shape index (κ2) is 4.91. The van der Waals surface area contributed by atoms with Crippen LogP contribution in [0, 0.1) is 5.92 Å². The predicted octanol–water partition coefficient (Wildman–Crippen LogP) is 4.70. The standard InChI is InChI=1S/C15H21Br/c1-3-12(2)15(11-16)10-6-8-13-7-4-5-9-14(13)15/h4-5,7,9,12H,3,6,8,10-11H2,1-2H3. The van der Waals surface area contributed by atoms with Gasteiger partial charge in [0.05, 0.1) is 0 Å². The third-order valence-corrected chi connectivity index (χ3v) is 5.42. The number of aryl methyl sites for hydroxylation is 1. The zero-order valence-corrected chi connectivity index (χ0v) is 11.9. The van der Waals surface area contributed by atoms with E-state index in [0.29, 0.717) is 5.41 Å². The van der Waals surface area contributed by atoms with Crippen LogP contribution in [0.15, 0.2) is 24.3 Å². The minimum Gasteiger partial charge on any atom is -0.0918 e. The van der Waals surface area contributed by atoms with Crippen LogP contribution in [0.25, 0.3) is 0 Å². The molecule has 1 aliphatic rings. The lowest BCUT2D eigenvalue weighted by atomic mass is 9.64. The Morgan fingerprint density at radius 2 is 2.12 bits per heavy atom. The minimum absolute atomic E-state index is 0.379. The first-order chi connectivity index (χ1) is 7.74. The fraction of sp³-hybridized carbons (Fsp3) is 0.600. The molecule has 0 nitrogen and oxygen atoms in total. The molecule has 0 saturated carbocycles. The van der Waals surface area contributed by atoms with E-state index in [1.54, 1.807) is 11.1 Å². The second-order valence-electron chi connectivity index (χ2n) is 5.11. The Hall–Kier alpha value is -0.300. The van der Waals surface area contributed by atoms with E-state index in [2.05, 4.69) is 54.0 Å². The van der Waals surface area contributed by atoms with Gasteiger partial charge >= 0.3 is 0 Å². The predicted molar refractivity (Wildman–Crippen MR) is 74.3 cm³/mol. The van der Waals surface area contributed by atoms with Gasteiger partial charge in [-0.2, -0.15) is 0 Å². The number of fused-ring (bicyclic) bond motifs is 1. The maximum Gasteiger partial charge on any atom is 0.0131 e. The van der Waals surface area contributed by atoms with Crippen LogP contribution in [0.3, 0.4) is 0 Å². The molecule has 0 aliphatic heterocycles. The summed E-state index contributed by atoms with van der Waals surface area (Å²) in [4.78, 5) is 0. The molecule has 2 rings (SSSR count). The highest BCUT2D eigenvalue weighted by molar-refractivity contribution is 9.09. The summed E-state index contributed by atoms with van der Waals surface area (Å²) in [6, 6.07) is 9.04. The molecule has 1 heteroatoms. The number of halogens is 1. The van der Waals surface area contributed by atoms with E-state index in [9.17, 15) is 0 Å². The Kier molecular flexibility index (Phi) is 3.73. The molecule has 0 bridgehead atoms. The topological polar surface area (TPSA) is 0 Å². The highest BCUT2D eigenvalue weighted by Crippen LogP contribution is 2.45. The van der Waals surface area contributed by atoms with E-state index in [1.807, 2.05) is 0 Å². The number of benzene rings is 1. The zero-order valence-electron chi connectivity index (χ0n) is 10.3. The molecule has 0 spiro atoms. The molecule has 0 fully saturated rings. The smallest absolute Gasteiger partial charge is 0.0131 e. The molecule has 0 N–H and O–H groups in total. The highest BCUT2D eigenvalue weighted by Gasteiger charge is 2.39. The van der Waals surface area contributed by atoms with Crippen LogP contribution < -0.4 is 0 Å². The maximum absolute atomic E-state index is 3.78. The van der Waals surface area contributed by atoms with Gasteiger partial charge in [-0.3, -0.25) is 0 Å². The van der Waals surface area contributed by atoms with Gasteiger partial charge in [0.15, 0.2) is 0 Å². The van der Waals surface area contributed by atoms with Crippen molar-refractivity contribution in [2.75, 3.05) is 5.33 Å². The Bertz CT molecular complexity index is 358. The summed E-state index contributed by atoms with van der Waals surface area (Å²) >= 11 is 3.78. The van der Waals surface area contributed by atoms with E-state index in [4.69, 9.17) is 0 Å². The summed E-state index contributed by atoms with van der Waals surface area (Å²) in [6.45, 7) is 4.72. The Labute approximate surface area is 108 Å². The fourth-order valence-corrected chi connectivity index (χ4v) is 4.26. The first-order valence-corrected chi connectivity index (χ1v) is 7.51. The highest BCUT2D eigenvalue weighted by atomic mass is 79.9. The number of rotatable bonds is 3. The SMILES string of the molecule is CCC(C)C1(CBr)CCCc2ccccc21. The molecule has 88 valence electrons. The van der Waals surface area contributed by atoms with Crippen LogP contribution in [0.1, 0.15) is 44.2 Å². The van der Waals surface area contributed by atoms with E-state index >= 15 is 0 Å². The van der Waals surface area contributed by atoms with Crippen molar-refractivity contribution in [3.63, 3.8) is 0 Å². The van der Waals surface area contributed by atoms with Crippen molar-refractivity contribution in [2.24, 2.45) is 5.92 Å². The molecule has 0 radical (unpaired) electrons. The van der Waals surface area contributed by atoms with Gasteiger partial charge in [-0.15, -0.1) is 0 Å². The van der Waals surface area contributed by atoms with Crippen molar-refractivity contribution in [2.45, 2.75) is 44.9 Å². The van der Waals surface area contributed by atoms with E-state index < -0.39 is 0 Å². The molecule has 0 heterocycles. The van der Waals surface area contributed by atoms with Gasteiger partial charge in [-0.25, -0.2) is 0 Å². The average molecular weight is 281 g/mol. The Morgan fingerprint density at radius 3 is 2.81 bits per heavy atom. The van der Waals surface area contributed by atoms with Gasteiger partial charge in [0.2, 0.25) is 0 Å². The molecule has 16 heavy (non-hydrogen) atoms. The van der Waals surface area contributed by atoms with E-state index in [0.717, 1.165) is 11.2 Å². The second-order valence-corrected chi connectivity index (χ2v) is 5.67. The minimum atomic E-state index is 0.379. The number of hydrogen-bond donors (Lipinski definition) is 0. The molecular weight excluding hydrogens is 260 g/mol. The Morgan fingerprint density at radius 1 is 1.38 bits per heavy atom. The van der Waals surface area contributed by atoms with Crippen LogP contribution >= 0.6 is 15.9 Å². The zero-order chi connectivity index (χ0) is 11.6. The maximum atomic E-state index is 3.78. The first kappa shape index (κ1) is 12.2. The monoisotopic (exact) mass is 280 g/mol. The van der Waals surface area contributed by atoms with Gasteiger partial charge in [0.1, 0.15) is 0 Å². The molecular formula is C15H21Br. The molecule has 1 aromatic carbocycles. The van der Waals surface area contributed by atoms with Crippen LogP contribution in [0.4, 0.5) is 0 Å². The first-order valence-electron chi connectivity index (χ1n) is 6.39. The average Bonchev–Trinajstić information content (AvgIpc) is 2.37. The fourth-order valence-electron chi connectivity index (χ4n) is 3.13. The lowest BCUT2D eigenvalue weighted by molar-refractivity contribution is 0.273. The van der Waals surface area contributed by atoms with Crippen LogP contribution in [0.2, 0.25) is 0 Å². The lowest BCUT2D eigenvalue weighted by Crippen LogP contribution is -2.38. The van der Waals surface area contributed by atoms with Gasteiger partial charge in [0.25, 0.3) is 0 Å². The van der Waals surface area contributed by atoms with Crippen molar-refractivity contribution in [1.82, 2.24) is 0 Å². The largest absolute Gasteiger partial charge is 0.0918 e. The van der Waals surface area contributed by atoms with Crippen molar-refractivity contribution in [1.29, 1.82) is 0 Å². The molecule has 2 unspecified atom stereocenters. The van der Waals surface area contributed by atoms with Gasteiger partial charge < -0.3 is 0 Å². The number of alkyl halides is 1. The summed E-state index contributed by atoms with van der Waals surface area (Å²) < 4.78 is 0. The molecule has 0 amide bonds. The van der Waals surface area contributed by atoms with Gasteiger partial charge in [-0.1, -0.05) is 60.5 Å². The quantitative estimate of drug-likeness (QED) is 0.704. The normalized spacial score (nSPS) is 26.2. The third kappa shape index (κ3) is 1.84. The number of hydrogen-bond acceptors (Lipinski definition) is 0. The van der Waals surface area contributed by atoms with Crippen LogP contribution in [-0.2, 0) is 11.8 Å². The molecule has 0 aromatic heterocycles. The summed E-state index contributed by atoms with van der Waals surface area (Å²) in [5, 5.41) is 1.10. The molecule has 2 atom stereocenters. The summed E-state index contributed by atoms with van der Waals surface area (Å²) in [6.07, 6.45) is 5.21. The molecule has 0 saturated heterocycles. The molecule has 1 aliphatic carbocycles. The van der Waals surface area contributed by atoms with Gasteiger partial charge in [0, 0.05) is 10.7 Å². The van der Waals surface area contributed by atoms with Crippen molar-refractivity contribution in [3.05, 3.63) is 35.4 Å². The van der Waals surface area contributed by atoms with E-state index in [-0.39, 0.29) is 0 Å².